The molecule has 0 aromatic heterocycles. The highest BCUT2D eigenvalue weighted by molar-refractivity contribution is 8.26. The molecule has 1 saturated heterocycles. The molecule has 1 aliphatic rings. The first-order valence-corrected chi connectivity index (χ1v) is 9.84. The van der Waals surface area contributed by atoms with Crippen LogP contribution >= 0.6 is 35.6 Å². The van der Waals surface area contributed by atoms with Gasteiger partial charge in [0.25, 0.3) is 5.91 Å². The summed E-state index contributed by atoms with van der Waals surface area (Å²) in [5, 5.41) is 0.474. The number of methoxy groups -OCH3 is 2. The summed E-state index contributed by atoms with van der Waals surface area (Å²) >= 11 is 13.0. The fraction of sp³-hybridized carbons (Fsp3) is 0.200. The van der Waals surface area contributed by atoms with E-state index in [0.29, 0.717) is 37.9 Å². The first kappa shape index (κ1) is 19.7. The summed E-state index contributed by atoms with van der Waals surface area (Å²) < 4.78 is 11.1. The van der Waals surface area contributed by atoms with Crippen molar-refractivity contribution in [2.75, 3.05) is 20.8 Å². The van der Waals surface area contributed by atoms with Crippen molar-refractivity contribution in [2.24, 2.45) is 0 Å². The zero-order valence-corrected chi connectivity index (χ0v) is 17.3. The van der Waals surface area contributed by atoms with Gasteiger partial charge in [-0.2, -0.15) is 0 Å². The van der Waals surface area contributed by atoms with Crippen molar-refractivity contribution in [3.8, 4) is 11.5 Å². The van der Waals surface area contributed by atoms with Crippen LogP contribution in [0.1, 0.15) is 11.1 Å². The van der Waals surface area contributed by atoms with E-state index >= 15 is 0 Å². The number of benzene rings is 2. The van der Waals surface area contributed by atoms with Crippen LogP contribution in [0.5, 0.6) is 11.5 Å². The maximum Gasteiger partial charge on any atom is 0.266 e. The molecule has 0 N–H and O–H groups in total. The van der Waals surface area contributed by atoms with Gasteiger partial charge < -0.3 is 9.47 Å². The molecule has 0 bridgehead atoms. The molecule has 0 unspecified atom stereocenters. The minimum absolute atomic E-state index is 0.105. The second-order valence-corrected chi connectivity index (χ2v) is 7.88. The van der Waals surface area contributed by atoms with Crippen molar-refractivity contribution in [1.29, 1.82) is 0 Å². The number of thioether (sulfide) groups is 1. The number of nitrogens with zero attached hydrogens (tertiary/aromatic N) is 1. The lowest BCUT2D eigenvalue weighted by molar-refractivity contribution is -0.122. The van der Waals surface area contributed by atoms with E-state index in [-0.39, 0.29) is 5.91 Å². The van der Waals surface area contributed by atoms with Gasteiger partial charge in [0.2, 0.25) is 0 Å². The molecule has 27 heavy (non-hydrogen) atoms. The van der Waals surface area contributed by atoms with E-state index in [1.807, 2.05) is 30.3 Å². The Labute approximate surface area is 173 Å². The van der Waals surface area contributed by atoms with E-state index in [0.717, 1.165) is 6.42 Å². The van der Waals surface area contributed by atoms with Gasteiger partial charge in [-0.25, -0.2) is 0 Å². The van der Waals surface area contributed by atoms with Crippen LogP contribution in [0.4, 0.5) is 0 Å². The SMILES string of the molecule is COc1cc(Cl)c(/C=C2\SC(=S)N(CCc3ccccc3)C2=O)cc1OC. The van der Waals surface area contributed by atoms with E-state index in [9.17, 15) is 4.79 Å². The van der Waals surface area contributed by atoms with Gasteiger partial charge >= 0.3 is 0 Å². The highest BCUT2D eigenvalue weighted by atomic mass is 35.5. The fourth-order valence-corrected chi connectivity index (χ4v) is 4.21. The summed E-state index contributed by atoms with van der Waals surface area (Å²) in [5.74, 6) is 0.981. The first-order valence-electron chi connectivity index (χ1n) is 8.24. The number of hydrogen-bond acceptors (Lipinski definition) is 5. The van der Waals surface area contributed by atoms with Crippen molar-refractivity contribution in [3.63, 3.8) is 0 Å². The van der Waals surface area contributed by atoms with Crippen LogP contribution in [0, 0.1) is 0 Å². The molecule has 1 amide bonds. The van der Waals surface area contributed by atoms with Gasteiger partial charge in [0.05, 0.1) is 24.1 Å². The predicted octanol–water partition coefficient (Wildman–Crippen LogP) is 4.80. The number of rotatable bonds is 6. The zero-order chi connectivity index (χ0) is 19.4. The first-order chi connectivity index (χ1) is 13.0. The van der Waals surface area contributed by atoms with Gasteiger partial charge in [0.1, 0.15) is 4.32 Å². The average Bonchev–Trinajstić information content (AvgIpc) is 2.95. The van der Waals surface area contributed by atoms with Gasteiger partial charge in [-0.3, -0.25) is 9.69 Å². The summed E-state index contributed by atoms with van der Waals surface area (Å²) in [5.41, 5.74) is 1.84. The van der Waals surface area contributed by atoms with Crippen LogP contribution in [0.3, 0.4) is 0 Å². The molecular weight excluding hydrogens is 402 g/mol. The lowest BCUT2D eigenvalue weighted by atomic mass is 10.1. The second kappa shape index (κ2) is 8.78. The standard InChI is InChI=1S/C20H18ClNO3S2/c1-24-16-10-14(15(21)12-17(16)25-2)11-18-19(23)22(20(26)27-18)9-8-13-6-4-3-5-7-13/h3-7,10-12H,8-9H2,1-2H3/b18-11-. The lowest BCUT2D eigenvalue weighted by Crippen LogP contribution is -2.30. The maximum atomic E-state index is 12.8. The number of hydrogen-bond donors (Lipinski definition) is 0. The van der Waals surface area contributed by atoms with Crippen molar-refractivity contribution in [2.45, 2.75) is 6.42 Å². The molecule has 1 fully saturated rings. The number of carbonyl (C=O) groups excluding carboxylic acids is 1. The summed E-state index contributed by atoms with van der Waals surface area (Å²) in [6.07, 6.45) is 2.49. The van der Waals surface area contributed by atoms with Crippen LogP contribution in [0.2, 0.25) is 5.02 Å². The Hall–Kier alpha value is -2.02. The highest BCUT2D eigenvalue weighted by Gasteiger charge is 2.31. The van der Waals surface area contributed by atoms with Crippen LogP contribution in [0.25, 0.3) is 6.08 Å². The number of halogens is 1. The summed E-state index contributed by atoms with van der Waals surface area (Å²) in [6, 6.07) is 13.4. The molecule has 1 aliphatic heterocycles. The molecule has 0 atom stereocenters. The van der Waals surface area contributed by atoms with Gasteiger partial charge in [-0.15, -0.1) is 0 Å². The Morgan fingerprint density at radius 2 is 1.81 bits per heavy atom. The lowest BCUT2D eigenvalue weighted by Gasteiger charge is -2.14. The number of amides is 1. The molecular formula is C20H18ClNO3S2. The molecule has 4 nitrogen and oxygen atoms in total. The fourth-order valence-electron chi connectivity index (χ4n) is 2.70. The monoisotopic (exact) mass is 419 g/mol. The molecule has 0 aliphatic carbocycles. The molecule has 2 aromatic rings. The van der Waals surface area contributed by atoms with Crippen LogP contribution in [-0.4, -0.2) is 35.9 Å². The van der Waals surface area contributed by atoms with Gasteiger partial charge in [0.15, 0.2) is 11.5 Å². The normalized spacial score (nSPS) is 15.5. The number of thiocarbonyl (C=S) groups is 1. The largest absolute Gasteiger partial charge is 0.493 e. The second-order valence-electron chi connectivity index (χ2n) is 5.80. The summed E-state index contributed by atoms with van der Waals surface area (Å²) in [4.78, 5) is 15.0. The smallest absolute Gasteiger partial charge is 0.266 e. The molecule has 140 valence electrons. The summed E-state index contributed by atoms with van der Waals surface area (Å²) in [7, 11) is 3.10. The molecule has 1 heterocycles. The topological polar surface area (TPSA) is 38.8 Å². The van der Waals surface area contributed by atoms with Crippen molar-refractivity contribution in [3.05, 3.63) is 63.5 Å². The van der Waals surface area contributed by atoms with E-state index in [4.69, 9.17) is 33.3 Å². The Bertz CT molecular complexity index is 900. The Morgan fingerprint density at radius 3 is 2.48 bits per heavy atom. The van der Waals surface area contributed by atoms with Crippen LogP contribution in [0.15, 0.2) is 47.4 Å². The van der Waals surface area contributed by atoms with Crippen LogP contribution < -0.4 is 9.47 Å². The minimum atomic E-state index is -0.105. The third-order valence-electron chi connectivity index (χ3n) is 4.13. The third kappa shape index (κ3) is 4.46. The third-order valence-corrected chi connectivity index (χ3v) is 5.84. The maximum absolute atomic E-state index is 12.8. The van der Waals surface area contributed by atoms with Crippen molar-refractivity contribution >= 4 is 51.9 Å². The number of carbonyl (C=O) groups is 1. The van der Waals surface area contributed by atoms with Gasteiger partial charge in [-0.05, 0) is 29.7 Å². The van der Waals surface area contributed by atoms with E-state index in [1.54, 1.807) is 37.3 Å². The Kier molecular flexibility index (Phi) is 6.42. The van der Waals surface area contributed by atoms with Crippen molar-refractivity contribution < 1.29 is 14.3 Å². The van der Waals surface area contributed by atoms with Crippen molar-refractivity contribution in [1.82, 2.24) is 4.90 Å². The Morgan fingerprint density at radius 1 is 1.15 bits per heavy atom. The zero-order valence-electron chi connectivity index (χ0n) is 14.9. The minimum Gasteiger partial charge on any atom is -0.493 e. The average molecular weight is 420 g/mol. The molecule has 2 aromatic carbocycles. The molecule has 3 rings (SSSR count). The molecule has 7 heteroatoms. The van der Waals surface area contributed by atoms with Crippen LogP contribution in [-0.2, 0) is 11.2 Å². The summed E-state index contributed by atoms with van der Waals surface area (Å²) in [6.45, 7) is 0.547. The van der Waals surface area contributed by atoms with E-state index in [2.05, 4.69) is 0 Å². The Balaban J connectivity index is 1.80. The molecule has 0 radical (unpaired) electrons. The van der Waals surface area contributed by atoms with Gasteiger partial charge in [0, 0.05) is 12.6 Å². The number of ether oxygens (including phenoxy) is 2. The van der Waals surface area contributed by atoms with Gasteiger partial charge in [-0.1, -0.05) is 65.9 Å². The molecule has 0 saturated carbocycles. The quantitative estimate of drug-likeness (QED) is 0.496. The molecule has 0 spiro atoms. The van der Waals surface area contributed by atoms with E-state index in [1.165, 1.54) is 17.3 Å². The highest BCUT2D eigenvalue weighted by Crippen LogP contribution is 2.37. The van der Waals surface area contributed by atoms with E-state index < -0.39 is 0 Å². The predicted molar refractivity (Wildman–Crippen MR) is 115 cm³/mol.